The number of aromatic nitrogens is 3. The molecule has 32 heavy (non-hydrogen) atoms. The lowest BCUT2D eigenvalue weighted by molar-refractivity contribution is 0.170. The number of rotatable bonds is 8. The van der Waals surface area contributed by atoms with Crippen LogP contribution in [-0.4, -0.2) is 47.0 Å². The molecule has 3 aromatic rings. The second-order valence-corrected chi connectivity index (χ2v) is 7.93. The van der Waals surface area contributed by atoms with Crippen molar-refractivity contribution in [1.29, 1.82) is 0 Å². The average Bonchev–Trinajstić information content (AvgIpc) is 3.19. The largest absolute Gasteiger partial charge is 0.486 e. The molecule has 4 heterocycles. The molecule has 0 aliphatic carbocycles. The summed E-state index contributed by atoms with van der Waals surface area (Å²) in [6.45, 7) is 3.73. The standard InChI is InChI=1S/C22H24FN5O4/c23-16-9-19-18(31-6-7-32-19)8-14(16)10-24-4-1-5-25-11-15-13-27-21(30)12-26-17-2-3-20(29)28(15)22(17)27/h2-3,8-9,12,15,24-25H,1,4-7,10-11,13H2/t15-/m1/s1. The Bertz CT molecular complexity index is 1270. The minimum atomic E-state index is -0.315. The van der Waals surface area contributed by atoms with Crippen LogP contribution in [0.1, 0.15) is 18.0 Å². The highest BCUT2D eigenvalue weighted by Crippen LogP contribution is 2.32. The number of hydrogen-bond acceptors (Lipinski definition) is 7. The highest BCUT2D eigenvalue weighted by atomic mass is 19.1. The number of fused-ring (bicyclic) bond motifs is 1. The van der Waals surface area contributed by atoms with Gasteiger partial charge in [0.25, 0.3) is 11.1 Å². The van der Waals surface area contributed by atoms with E-state index in [1.54, 1.807) is 21.3 Å². The van der Waals surface area contributed by atoms with Crippen molar-refractivity contribution in [2.75, 3.05) is 32.8 Å². The Labute approximate surface area is 182 Å². The molecule has 10 heteroatoms. The van der Waals surface area contributed by atoms with E-state index in [1.807, 2.05) is 0 Å². The van der Waals surface area contributed by atoms with Crippen LogP contribution in [0.4, 0.5) is 4.39 Å². The van der Waals surface area contributed by atoms with E-state index >= 15 is 0 Å². The Balaban J connectivity index is 1.10. The molecule has 1 aromatic carbocycles. The minimum Gasteiger partial charge on any atom is -0.486 e. The zero-order chi connectivity index (χ0) is 22.1. The van der Waals surface area contributed by atoms with E-state index in [0.717, 1.165) is 13.0 Å². The normalized spacial score (nSPS) is 16.6. The van der Waals surface area contributed by atoms with Crippen molar-refractivity contribution >= 4 is 11.2 Å². The highest BCUT2D eigenvalue weighted by molar-refractivity contribution is 5.71. The molecule has 2 aliphatic rings. The third-order valence-corrected chi connectivity index (χ3v) is 5.79. The molecule has 2 N–H and O–H groups in total. The number of pyridine rings is 1. The second-order valence-electron chi connectivity index (χ2n) is 7.93. The number of hydrogen-bond donors (Lipinski definition) is 2. The first-order valence-corrected chi connectivity index (χ1v) is 10.7. The van der Waals surface area contributed by atoms with Gasteiger partial charge in [-0.05, 0) is 31.6 Å². The van der Waals surface area contributed by atoms with Crippen LogP contribution < -0.4 is 31.2 Å². The molecule has 0 radical (unpaired) electrons. The maximum absolute atomic E-state index is 14.2. The first-order valence-electron chi connectivity index (χ1n) is 10.7. The van der Waals surface area contributed by atoms with Crippen LogP contribution in [0.25, 0.3) is 11.2 Å². The fourth-order valence-electron chi connectivity index (χ4n) is 4.25. The lowest BCUT2D eigenvalue weighted by Gasteiger charge is -2.19. The van der Waals surface area contributed by atoms with Gasteiger partial charge in [0, 0.05) is 37.3 Å². The molecule has 168 valence electrons. The van der Waals surface area contributed by atoms with Gasteiger partial charge in [-0.2, -0.15) is 0 Å². The van der Waals surface area contributed by atoms with E-state index in [2.05, 4.69) is 15.6 Å². The summed E-state index contributed by atoms with van der Waals surface area (Å²) in [6.07, 6.45) is 2.12. The van der Waals surface area contributed by atoms with Gasteiger partial charge in [0.2, 0.25) is 0 Å². The zero-order valence-corrected chi connectivity index (χ0v) is 17.5. The second kappa shape index (κ2) is 8.71. The molecule has 9 nitrogen and oxygen atoms in total. The van der Waals surface area contributed by atoms with Gasteiger partial charge >= 0.3 is 0 Å². The molecular weight excluding hydrogens is 417 g/mol. The molecule has 0 bridgehead atoms. The predicted molar refractivity (Wildman–Crippen MR) is 116 cm³/mol. The van der Waals surface area contributed by atoms with Crippen molar-refractivity contribution in [3.63, 3.8) is 0 Å². The molecule has 0 amide bonds. The SMILES string of the molecule is O=c1cnc2ccc(=O)n3c2n1C[C@H]3CNCCCNCc1cc2c(cc1F)OCCO2. The van der Waals surface area contributed by atoms with Crippen molar-refractivity contribution in [2.24, 2.45) is 0 Å². The highest BCUT2D eigenvalue weighted by Gasteiger charge is 2.25. The summed E-state index contributed by atoms with van der Waals surface area (Å²) < 4.78 is 28.4. The van der Waals surface area contributed by atoms with Gasteiger partial charge < -0.3 is 20.1 Å². The molecule has 0 unspecified atom stereocenters. The number of benzene rings is 1. The lowest BCUT2D eigenvalue weighted by Crippen LogP contribution is -2.32. The first-order chi connectivity index (χ1) is 15.6. The summed E-state index contributed by atoms with van der Waals surface area (Å²) in [5.74, 6) is 0.710. The molecule has 0 spiro atoms. The average molecular weight is 441 g/mol. The number of nitrogens with one attached hydrogen (secondary N) is 2. The van der Waals surface area contributed by atoms with Gasteiger partial charge in [0.05, 0.1) is 12.2 Å². The van der Waals surface area contributed by atoms with Crippen molar-refractivity contribution < 1.29 is 13.9 Å². The Kier molecular flexibility index (Phi) is 5.62. The smallest absolute Gasteiger partial charge is 0.270 e. The lowest BCUT2D eigenvalue weighted by atomic mass is 10.1. The van der Waals surface area contributed by atoms with E-state index in [9.17, 15) is 14.0 Å². The Morgan fingerprint density at radius 2 is 1.84 bits per heavy atom. The van der Waals surface area contributed by atoms with Gasteiger partial charge in [-0.1, -0.05) is 0 Å². The maximum Gasteiger partial charge on any atom is 0.270 e. The van der Waals surface area contributed by atoms with Gasteiger partial charge in [0.15, 0.2) is 11.5 Å². The molecule has 0 fully saturated rings. The molecule has 5 rings (SSSR count). The number of ether oxygens (including phenoxy) is 2. The number of nitrogens with zero attached hydrogens (tertiary/aromatic N) is 3. The summed E-state index contributed by atoms with van der Waals surface area (Å²) in [5, 5.41) is 6.60. The monoisotopic (exact) mass is 441 g/mol. The third-order valence-electron chi connectivity index (χ3n) is 5.79. The van der Waals surface area contributed by atoms with Crippen molar-refractivity contribution in [3.05, 3.63) is 62.6 Å². The van der Waals surface area contributed by atoms with Crippen molar-refractivity contribution in [1.82, 2.24) is 24.8 Å². The topological polar surface area (TPSA) is 99.4 Å². The van der Waals surface area contributed by atoms with E-state index in [-0.39, 0.29) is 23.0 Å². The summed E-state index contributed by atoms with van der Waals surface area (Å²) >= 11 is 0. The summed E-state index contributed by atoms with van der Waals surface area (Å²) in [5.41, 5.74) is 1.43. The van der Waals surface area contributed by atoms with E-state index in [0.29, 0.717) is 67.6 Å². The van der Waals surface area contributed by atoms with Crippen LogP contribution in [0.15, 0.2) is 40.1 Å². The van der Waals surface area contributed by atoms with E-state index in [4.69, 9.17) is 9.47 Å². The maximum atomic E-state index is 14.2. The molecule has 0 saturated heterocycles. The van der Waals surface area contributed by atoms with Crippen LogP contribution in [0.2, 0.25) is 0 Å². The van der Waals surface area contributed by atoms with Crippen molar-refractivity contribution in [2.45, 2.75) is 25.6 Å². The van der Waals surface area contributed by atoms with Gasteiger partial charge in [0.1, 0.15) is 30.2 Å². The summed E-state index contributed by atoms with van der Waals surface area (Å²) in [7, 11) is 0. The van der Waals surface area contributed by atoms with E-state index < -0.39 is 0 Å². The Morgan fingerprint density at radius 1 is 1.06 bits per heavy atom. The summed E-state index contributed by atoms with van der Waals surface area (Å²) in [6, 6.07) is 6.06. The predicted octanol–water partition coefficient (Wildman–Crippen LogP) is 0.793. The van der Waals surface area contributed by atoms with Gasteiger partial charge in [-0.3, -0.25) is 18.7 Å². The van der Waals surface area contributed by atoms with Crippen molar-refractivity contribution in [3.8, 4) is 11.5 Å². The molecule has 1 atom stereocenters. The summed E-state index contributed by atoms with van der Waals surface area (Å²) in [4.78, 5) is 28.7. The zero-order valence-electron chi connectivity index (χ0n) is 17.5. The van der Waals surface area contributed by atoms with Crippen LogP contribution in [-0.2, 0) is 13.1 Å². The third kappa shape index (κ3) is 3.87. The van der Waals surface area contributed by atoms with Crippen LogP contribution in [0, 0.1) is 5.82 Å². The molecular formula is C22H24FN5O4. The van der Waals surface area contributed by atoms with Gasteiger partial charge in [-0.15, -0.1) is 0 Å². The molecule has 0 saturated carbocycles. The number of halogens is 1. The molecule has 2 aromatic heterocycles. The first kappa shape index (κ1) is 20.7. The van der Waals surface area contributed by atoms with Gasteiger partial charge in [-0.25, -0.2) is 9.37 Å². The fourth-order valence-corrected chi connectivity index (χ4v) is 4.25. The Hall–Kier alpha value is -3.24. The van der Waals surface area contributed by atoms with Crippen LogP contribution >= 0.6 is 0 Å². The van der Waals surface area contributed by atoms with E-state index in [1.165, 1.54) is 18.3 Å². The quantitative estimate of drug-likeness (QED) is 0.499. The minimum absolute atomic E-state index is 0.133. The van der Waals surface area contributed by atoms with Crippen LogP contribution in [0.5, 0.6) is 11.5 Å². The van der Waals surface area contributed by atoms with Crippen LogP contribution in [0.3, 0.4) is 0 Å². The fraction of sp³-hybridized carbons (Fsp3) is 0.409. The Morgan fingerprint density at radius 3 is 2.69 bits per heavy atom. The molecule has 2 aliphatic heterocycles.